The number of hydrogen-bond acceptors (Lipinski definition) is 2. The first-order valence-electron chi connectivity index (χ1n) is 5.75. The van der Waals surface area contributed by atoms with Crippen molar-refractivity contribution in [2.45, 2.75) is 33.1 Å². The Kier molecular flexibility index (Phi) is 3.24. The Morgan fingerprint density at radius 2 is 1.81 bits per heavy atom. The van der Waals surface area contributed by atoms with Gasteiger partial charge in [0.1, 0.15) is 5.02 Å². The minimum atomic E-state index is -0.176. The van der Waals surface area contributed by atoms with Crippen LogP contribution >= 0.6 is 11.6 Å². The minimum absolute atomic E-state index is 0.176. The first kappa shape index (κ1) is 11.5. The number of halogens is 1. The van der Waals surface area contributed by atoms with E-state index in [4.69, 9.17) is 11.6 Å². The van der Waals surface area contributed by atoms with Gasteiger partial charge >= 0.3 is 0 Å². The van der Waals surface area contributed by atoms with E-state index in [1.807, 2.05) is 13.8 Å². The maximum Gasteiger partial charge on any atom is 0.269 e. The molecule has 88 valence electrons. The summed E-state index contributed by atoms with van der Waals surface area (Å²) >= 11 is 6.12. The van der Waals surface area contributed by atoms with E-state index in [1.165, 1.54) is 19.3 Å². The highest BCUT2D eigenvalue weighted by Crippen LogP contribution is 2.29. The Hall–Kier alpha value is -0.960. The number of H-pyrrole nitrogens is 1. The van der Waals surface area contributed by atoms with Gasteiger partial charge in [-0.1, -0.05) is 11.6 Å². The summed E-state index contributed by atoms with van der Waals surface area (Å²) in [6.07, 6.45) is 3.64. The van der Waals surface area contributed by atoms with Gasteiger partial charge in [-0.25, -0.2) is 0 Å². The Bertz CT molecular complexity index is 447. The summed E-state index contributed by atoms with van der Waals surface area (Å²) in [5, 5.41) is 0.338. The molecule has 1 N–H and O–H groups in total. The maximum absolute atomic E-state index is 11.6. The maximum atomic E-state index is 11.6. The lowest BCUT2D eigenvalue weighted by molar-refractivity contribution is 0.576. The van der Waals surface area contributed by atoms with Crippen molar-refractivity contribution < 1.29 is 0 Å². The van der Waals surface area contributed by atoms with E-state index in [1.54, 1.807) is 0 Å². The molecule has 0 atom stereocenters. The molecule has 0 bridgehead atoms. The van der Waals surface area contributed by atoms with Crippen LogP contribution in [-0.2, 0) is 0 Å². The van der Waals surface area contributed by atoms with Gasteiger partial charge < -0.3 is 9.88 Å². The molecule has 0 radical (unpaired) electrons. The minimum Gasteiger partial charge on any atom is -0.370 e. The highest BCUT2D eigenvalue weighted by molar-refractivity contribution is 6.33. The second-order valence-corrected chi connectivity index (χ2v) is 4.79. The van der Waals surface area contributed by atoms with Crippen LogP contribution in [0.5, 0.6) is 0 Å². The number of rotatable bonds is 1. The van der Waals surface area contributed by atoms with E-state index in [0.717, 1.165) is 30.0 Å². The number of aromatic nitrogens is 1. The van der Waals surface area contributed by atoms with Crippen molar-refractivity contribution in [1.82, 2.24) is 4.98 Å². The zero-order valence-electron chi connectivity index (χ0n) is 9.77. The van der Waals surface area contributed by atoms with Crippen LogP contribution in [0.4, 0.5) is 5.69 Å². The average Bonchev–Trinajstić information content (AvgIpc) is 2.28. The van der Waals surface area contributed by atoms with Crippen molar-refractivity contribution in [3.05, 3.63) is 26.6 Å². The number of anilines is 1. The molecule has 1 aromatic heterocycles. The van der Waals surface area contributed by atoms with Crippen LogP contribution in [0.25, 0.3) is 0 Å². The molecule has 1 aliphatic rings. The fourth-order valence-electron chi connectivity index (χ4n) is 2.26. The van der Waals surface area contributed by atoms with Crippen molar-refractivity contribution >= 4 is 17.3 Å². The SMILES string of the molecule is Cc1[nH]c(=O)c(Cl)c(N2CCCCC2)c1C. The molecule has 2 rings (SSSR count). The van der Waals surface area contributed by atoms with Crippen molar-refractivity contribution in [3.63, 3.8) is 0 Å². The summed E-state index contributed by atoms with van der Waals surface area (Å²) in [4.78, 5) is 16.7. The fourth-order valence-corrected chi connectivity index (χ4v) is 2.57. The summed E-state index contributed by atoms with van der Waals surface area (Å²) in [5.74, 6) is 0. The number of nitrogens with zero attached hydrogens (tertiary/aromatic N) is 1. The van der Waals surface area contributed by atoms with Gasteiger partial charge in [0, 0.05) is 18.8 Å². The van der Waals surface area contributed by atoms with Gasteiger partial charge in [0.15, 0.2) is 0 Å². The monoisotopic (exact) mass is 240 g/mol. The van der Waals surface area contributed by atoms with E-state index < -0.39 is 0 Å². The van der Waals surface area contributed by atoms with Crippen molar-refractivity contribution in [2.75, 3.05) is 18.0 Å². The van der Waals surface area contributed by atoms with Crippen LogP contribution in [-0.4, -0.2) is 18.1 Å². The van der Waals surface area contributed by atoms with E-state index in [-0.39, 0.29) is 5.56 Å². The molecule has 1 fully saturated rings. The van der Waals surface area contributed by atoms with Gasteiger partial charge in [-0.2, -0.15) is 0 Å². The molecule has 3 nitrogen and oxygen atoms in total. The molecule has 0 aromatic carbocycles. The Morgan fingerprint density at radius 3 is 2.44 bits per heavy atom. The number of piperidine rings is 1. The van der Waals surface area contributed by atoms with Crippen LogP contribution in [0.2, 0.25) is 5.02 Å². The average molecular weight is 241 g/mol. The predicted molar refractivity (Wildman–Crippen MR) is 67.6 cm³/mol. The van der Waals surface area contributed by atoms with E-state index in [2.05, 4.69) is 9.88 Å². The molecule has 0 aliphatic carbocycles. The van der Waals surface area contributed by atoms with Gasteiger partial charge in [-0.05, 0) is 38.7 Å². The summed E-state index contributed by atoms with van der Waals surface area (Å²) in [5.41, 5.74) is 2.76. The largest absolute Gasteiger partial charge is 0.370 e. The number of aromatic amines is 1. The Labute approximate surface area is 100 Å². The molecule has 1 aromatic rings. The van der Waals surface area contributed by atoms with E-state index in [9.17, 15) is 4.79 Å². The number of pyridine rings is 1. The molecule has 2 heterocycles. The third kappa shape index (κ3) is 1.96. The molecule has 0 unspecified atom stereocenters. The second-order valence-electron chi connectivity index (χ2n) is 4.41. The zero-order chi connectivity index (χ0) is 11.7. The number of hydrogen-bond donors (Lipinski definition) is 1. The topological polar surface area (TPSA) is 36.1 Å². The first-order chi connectivity index (χ1) is 7.61. The van der Waals surface area contributed by atoms with Crippen molar-refractivity contribution in [1.29, 1.82) is 0 Å². The molecule has 4 heteroatoms. The molecule has 1 saturated heterocycles. The fraction of sp³-hybridized carbons (Fsp3) is 0.583. The third-order valence-corrected chi connectivity index (χ3v) is 3.65. The van der Waals surface area contributed by atoms with Crippen LogP contribution in [0.1, 0.15) is 30.5 Å². The normalized spacial score (nSPS) is 16.6. The zero-order valence-corrected chi connectivity index (χ0v) is 10.5. The molecule has 0 spiro atoms. The molecule has 1 aliphatic heterocycles. The highest BCUT2D eigenvalue weighted by Gasteiger charge is 2.19. The second kappa shape index (κ2) is 4.50. The summed E-state index contributed by atoms with van der Waals surface area (Å²) in [6.45, 7) is 5.94. The van der Waals surface area contributed by atoms with E-state index >= 15 is 0 Å². The Balaban J connectivity index is 2.49. The van der Waals surface area contributed by atoms with Gasteiger partial charge in [-0.15, -0.1) is 0 Å². The van der Waals surface area contributed by atoms with Gasteiger partial charge in [0.25, 0.3) is 5.56 Å². The predicted octanol–water partition coefficient (Wildman–Crippen LogP) is 2.64. The lowest BCUT2D eigenvalue weighted by Crippen LogP contribution is -2.32. The summed E-state index contributed by atoms with van der Waals surface area (Å²) < 4.78 is 0. The van der Waals surface area contributed by atoms with Gasteiger partial charge in [-0.3, -0.25) is 4.79 Å². The van der Waals surface area contributed by atoms with Crippen LogP contribution in [0, 0.1) is 13.8 Å². The standard InChI is InChI=1S/C12H17ClN2O/c1-8-9(2)14-12(16)10(13)11(8)15-6-4-3-5-7-15/h3-7H2,1-2H3,(H,14,16). The molecule has 0 saturated carbocycles. The molecular weight excluding hydrogens is 224 g/mol. The number of aryl methyl sites for hydroxylation is 1. The lowest BCUT2D eigenvalue weighted by atomic mass is 10.1. The third-order valence-electron chi connectivity index (χ3n) is 3.30. The Morgan fingerprint density at radius 1 is 1.19 bits per heavy atom. The smallest absolute Gasteiger partial charge is 0.269 e. The van der Waals surface area contributed by atoms with Gasteiger partial charge in [0.05, 0.1) is 5.69 Å². The van der Waals surface area contributed by atoms with Gasteiger partial charge in [0.2, 0.25) is 0 Å². The summed E-state index contributed by atoms with van der Waals surface area (Å²) in [7, 11) is 0. The first-order valence-corrected chi connectivity index (χ1v) is 6.13. The summed E-state index contributed by atoms with van der Waals surface area (Å²) in [6, 6.07) is 0. The lowest BCUT2D eigenvalue weighted by Gasteiger charge is -2.31. The van der Waals surface area contributed by atoms with Crippen molar-refractivity contribution in [2.24, 2.45) is 0 Å². The van der Waals surface area contributed by atoms with Crippen LogP contribution in [0.3, 0.4) is 0 Å². The molecule has 0 amide bonds. The number of nitrogens with one attached hydrogen (secondary N) is 1. The van der Waals surface area contributed by atoms with E-state index in [0.29, 0.717) is 5.02 Å². The highest BCUT2D eigenvalue weighted by atomic mass is 35.5. The molecular formula is C12H17ClN2O. The van der Waals surface area contributed by atoms with Crippen LogP contribution in [0.15, 0.2) is 4.79 Å². The molecule has 16 heavy (non-hydrogen) atoms. The van der Waals surface area contributed by atoms with Crippen LogP contribution < -0.4 is 10.5 Å². The van der Waals surface area contributed by atoms with Crippen molar-refractivity contribution in [3.8, 4) is 0 Å². The quantitative estimate of drug-likeness (QED) is 0.819.